The Balaban J connectivity index is 3.32. The second-order valence-electron chi connectivity index (χ2n) is 3.14. The highest BCUT2D eigenvalue weighted by molar-refractivity contribution is 5.71. The molecule has 0 aliphatic heterocycles. The first-order valence-corrected chi connectivity index (χ1v) is 3.88. The van der Waals surface area contributed by atoms with E-state index >= 15 is 0 Å². The Bertz CT molecular complexity index is 137. The van der Waals surface area contributed by atoms with Crippen LogP contribution in [0.2, 0.25) is 0 Å². The summed E-state index contributed by atoms with van der Waals surface area (Å²) in [4.78, 5) is 15.7. The summed E-state index contributed by atoms with van der Waals surface area (Å²) in [6.45, 7) is 4.53. The Labute approximate surface area is 73.0 Å². The first-order chi connectivity index (χ1) is 5.52. The van der Waals surface area contributed by atoms with Gasteiger partial charge in [-0.2, -0.15) is 0 Å². The van der Waals surface area contributed by atoms with Gasteiger partial charge in [0.1, 0.15) is 0 Å². The SMILES string of the molecule is CC(C)CONC(=O)NN(C)C. The molecule has 72 valence electrons. The number of nitrogens with one attached hydrogen (secondary N) is 2. The molecule has 0 aromatic rings. The van der Waals surface area contributed by atoms with E-state index in [4.69, 9.17) is 4.84 Å². The van der Waals surface area contributed by atoms with E-state index in [1.54, 1.807) is 14.1 Å². The van der Waals surface area contributed by atoms with Gasteiger partial charge in [-0.15, -0.1) is 0 Å². The molecule has 0 aromatic carbocycles. The topological polar surface area (TPSA) is 53.6 Å². The lowest BCUT2D eigenvalue weighted by molar-refractivity contribution is 0.0390. The van der Waals surface area contributed by atoms with E-state index in [2.05, 4.69) is 10.9 Å². The summed E-state index contributed by atoms with van der Waals surface area (Å²) in [5.74, 6) is 0.407. The minimum atomic E-state index is -0.361. The quantitative estimate of drug-likeness (QED) is 0.606. The molecule has 0 unspecified atom stereocenters. The zero-order valence-corrected chi connectivity index (χ0v) is 8.05. The number of hydrogen-bond donors (Lipinski definition) is 2. The van der Waals surface area contributed by atoms with Crippen molar-refractivity contribution < 1.29 is 9.63 Å². The number of hydrogen-bond acceptors (Lipinski definition) is 3. The third-order valence-electron chi connectivity index (χ3n) is 0.907. The Kier molecular flexibility index (Phi) is 5.40. The zero-order valence-electron chi connectivity index (χ0n) is 8.05. The summed E-state index contributed by atoms with van der Waals surface area (Å²) in [7, 11) is 3.45. The van der Waals surface area contributed by atoms with E-state index in [9.17, 15) is 4.79 Å². The maximum absolute atomic E-state index is 10.8. The van der Waals surface area contributed by atoms with Crippen molar-refractivity contribution in [2.45, 2.75) is 13.8 Å². The number of hydroxylamine groups is 1. The van der Waals surface area contributed by atoms with E-state index in [1.807, 2.05) is 13.8 Å². The summed E-state index contributed by atoms with van der Waals surface area (Å²) in [6, 6.07) is -0.361. The van der Waals surface area contributed by atoms with Crippen LogP contribution in [0.4, 0.5) is 4.79 Å². The molecule has 0 heterocycles. The second-order valence-corrected chi connectivity index (χ2v) is 3.14. The normalized spacial score (nSPS) is 10.5. The number of hydrazine groups is 1. The Morgan fingerprint density at radius 2 is 2.08 bits per heavy atom. The van der Waals surface area contributed by atoms with Crippen LogP contribution in [0.1, 0.15) is 13.8 Å². The average Bonchev–Trinajstić information content (AvgIpc) is 1.84. The molecule has 0 saturated heterocycles. The van der Waals surface area contributed by atoms with Crippen molar-refractivity contribution in [3.63, 3.8) is 0 Å². The molecule has 0 aliphatic carbocycles. The minimum Gasteiger partial charge on any atom is -0.272 e. The summed E-state index contributed by atoms with van der Waals surface area (Å²) in [6.07, 6.45) is 0. The van der Waals surface area contributed by atoms with Crippen molar-refractivity contribution in [3.8, 4) is 0 Å². The van der Waals surface area contributed by atoms with Crippen LogP contribution in [-0.2, 0) is 4.84 Å². The number of nitrogens with zero attached hydrogens (tertiary/aromatic N) is 1. The molecule has 0 atom stereocenters. The molecule has 0 spiro atoms. The van der Waals surface area contributed by atoms with Gasteiger partial charge in [-0.1, -0.05) is 13.8 Å². The molecule has 0 fully saturated rings. The lowest BCUT2D eigenvalue weighted by atomic mass is 10.2. The predicted molar refractivity (Wildman–Crippen MR) is 46.1 cm³/mol. The fourth-order valence-corrected chi connectivity index (χ4v) is 0.500. The van der Waals surface area contributed by atoms with Gasteiger partial charge in [-0.25, -0.2) is 15.3 Å². The first kappa shape index (κ1) is 11.2. The molecular formula is C7H17N3O2. The van der Waals surface area contributed by atoms with Crippen molar-refractivity contribution in [2.24, 2.45) is 5.92 Å². The van der Waals surface area contributed by atoms with Crippen molar-refractivity contribution in [3.05, 3.63) is 0 Å². The van der Waals surface area contributed by atoms with E-state index in [0.717, 1.165) is 0 Å². The third-order valence-corrected chi connectivity index (χ3v) is 0.907. The van der Waals surface area contributed by atoms with Crippen LogP contribution in [0.5, 0.6) is 0 Å². The number of urea groups is 1. The van der Waals surface area contributed by atoms with Crippen LogP contribution in [0.3, 0.4) is 0 Å². The van der Waals surface area contributed by atoms with Crippen molar-refractivity contribution in [2.75, 3.05) is 20.7 Å². The summed E-state index contributed by atoms with van der Waals surface area (Å²) in [5, 5.41) is 1.54. The highest BCUT2D eigenvalue weighted by Gasteiger charge is 2.00. The van der Waals surface area contributed by atoms with Gasteiger partial charge >= 0.3 is 6.03 Å². The smallest absolute Gasteiger partial charge is 0.272 e. The van der Waals surface area contributed by atoms with Gasteiger partial charge < -0.3 is 0 Å². The van der Waals surface area contributed by atoms with Gasteiger partial charge in [0, 0.05) is 14.1 Å². The highest BCUT2D eigenvalue weighted by atomic mass is 16.7. The van der Waals surface area contributed by atoms with Gasteiger partial charge in [0.25, 0.3) is 0 Å². The monoisotopic (exact) mass is 175 g/mol. The highest BCUT2D eigenvalue weighted by Crippen LogP contribution is 1.89. The van der Waals surface area contributed by atoms with Crippen molar-refractivity contribution >= 4 is 6.03 Å². The molecule has 0 saturated carbocycles. The average molecular weight is 175 g/mol. The molecule has 0 aromatic heterocycles. The molecular weight excluding hydrogens is 158 g/mol. The third kappa shape index (κ3) is 7.30. The standard InChI is InChI=1S/C7H17N3O2/c1-6(2)5-12-9-7(11)8-10(3)4/h6H,5H2,1-4H3,(H2,8,9,11). The Hall–Kier alpha value is -0.810. The van der Waals surface area contributed by atoms with Crippen LogP contribution < -0.4 is 10.9 Å². The lowest BCUT2D eigenvalue weighted by Gasteiger charge is -2.13. The summed E-state index contributed by atoms with van der Waals surface area (Å²) >= 11 is 0. The van der Waals surface area contributed by atoms with E-state index < -0.39 is 0 Å². The lowest BCUT2D eigenvalue weighted by Crippen LogP contribution is -2.43. The number of carbonyl (C=O) groups is 1. The maximum atomic E-state index is 10.8. The maximum Gasteiger partial charge on any atom is 0.353 e. The van der Waals surface area contributed by atoms with Gasteiger partial charge in [0.15, 0.2) is 0 Å². The second kappa shape index (κ2) is 5.79. The first-order valence-electron chi connectivity index (χ1n) is 3.88. The van der Waals surface area contributed by atoms with Crippen LogP contribution in [-0.4, -0.2) is 31.7 Å². The largest absolute Gasteiger partial charge is 0.353 e. The molecule has 5 nitrogen and oxygen atoms in total. The molecule has 0 radical (unpaired) electrons. The van der Waals surface area contributed by atoms with Crippen LogP contribution in [0.15, 0.2) is 0 Å². The number of amides is 2. The molecule has 12 heavy (non-hydrogen) atoms. The van der Waals surface area contributed by atoms with Crippen LogP contribution in [0.25, 0.3) is 0 Å². The Morgan fingerprint density at radius 1 is 1.50 bits per heavy atom. The van der Waals surface area contributed by atoms with Gasteiger partial charge in [0.2, 0.25) is 0 Å². The molecule has 5 heteroatoms. The van der Waals surface area contributed by atoms with Crippen molar-refractivity contribution in [1.82, 2.24) is 15.9 Å². The van der Waals surface area contributed by atoms with E-state index in [1.165, 1.54) is 5.01 Å². The van der Waals surface area contributed by atoms with Gasteiger partial charge in [0.05, 0.1) is 6.61 Å². The zero-order chi connectivity index (χ0) is 9.56. The van der Waals surface area contributed by atoms with Crippen LogP contribution in [0, 0.1) is 5.92 Å². The molecule has 0 bridgehead atoms. The van der Waals surface area contributed by atoms with Crippen LogP contribution >= 0.6 is 0 Å². The minimum absolute atomic E-state index is 0.361. The van der Waals surface area contributed by atoms with Gasteiger partial charge in [-0.3, -0.25) is 10.3 Å². The van der Waals surface area contributed by atoms with E-state index in [-0.39, 0.29) is 6.03 Å². The van der Waals surface area contributed by atoms with Gasteiger partial charge in [-0.05, 0) is 5.92 Å². The number of rotatable bonds is 4. The van der Waals surface area contributed by atoms with Crippen molar-refractivity contribution in [1.29, 1.82) is 0 Å². The van der Waals surface area contributed by atoms with E-state index in [0.29, 0.717) is 12.5 Å². The fraction of sp³-hybridized carbons (Fsp3) is 0.857. The number of carbonyl (C=O) groups excluding carboxylic acids is 1. The molecule has 0 aliphatic rings. The summed E-state index contributed by atoms with van der Waals surface area (Å²) in [5.41, 5.74) is 4.73. The summed E-state index contributed by atoms with van der Waals surface area (Å²) < 4.78 is 0. The molecule has 2 N–H and O–H groups in total. The Morgan fingerprint density at radius 3 is 2.50 bits per heavy atom. The fourth-order valence-electron chi connectivity index (χ4n) is 0.500. The predicted octanol–water partition coefficient (Wildman–Crippen LogP) is 0.350. The molecule has 2 amide bonds. The molecule has 0 rings (SSSR count).